The van der Waals surface area contributed by atoms with Crippen molar-refractivity contribution in [3.63, 3.8) is 0 Å². The van der Waals surface area contributed by atoms with Gasteiger partial charge in [-0.05, 0) is 156 Å². The van der Waals surface area contributed by atoms with E-state index in [1.165, 1.54) is 111 Å². The van der Waals surface area contributed by atoms with E-state index in [1.807, 2.05) is 0 Å². The fraction of sp³-hybridized carbons (Fsp3) is 0.213. The molecule has 1 heteroatoms. The molecule has 1 spiro atoms. The Kier molecular flexibility index (Phi) is 8.12. The first kappa shape index (κ1) is 37.8. The minimum atomic E-state index is -0.417. The third-order valence-corrected chi connectivity index (χ3v) is 16.3. The summed E-state index contributed by atoms with van der Waals surface area (Å²) in [4.78, 5) is 1.08. The highest BCUT2D eigenvalue weighted by Crippen LogP contribution is 2.75. The van der Waals surface area contributed by atoms with Crippen molar-refractivity contribution in [3.8, 4) is 22.3 Å². The largest absolute Gasteiger partial charge is 0.143 e. The lowest BCUT2D eigenvalue weighted by atomic mass is 9.41. The van der Waals surface area contributed by atoms with Crippen LogP contribution in [0.1, 0.15) is 95.7 Å². The minimum absolute atomic E-state index is 0.0190. The normalized spacial score (nSPS) is 20.2. The van der Waals surface area contributed by atoms with Crippen molar-refractivity contribution in [1.29, 1.82) is 0 Å². The van der Waals surface area contributed by atoms with Gasteiger partial charge in [0.15, 0.2) is 0 Å². The topological polar surface area (TPSA) is 0 Å². The van der Waals surface area contributed by atoms with Gasteiger partial charge in [0.05, 0.1) is 5.41 Å². The van der Waals surface area contributed by atoms with Crippen molar-refractivity contribution < 1.29 is 0 Å². The number of fused-ring (bicyclic) bond motifs is 13. The summed E-state index contributed by atoms with van der Waals surface area (Å²) in [6.45, 7) is 13.8. The lowest BCUT2D eigenvalue weighted by Gasteiger charge is -2.60. The maximum atomic E-state index is 5.36. The molecule has 7 aromatic rings. The first-order chi connectivity index (χ1) is 30.1. The van der Waals surface area contributed by atoms with Crippen LogP contribution >= 0.6 is 12.6 Å². The number of rotatable bonds is 4. The summed E-state index contributed by atoms with van der Waals surface area (Å²) in [6, 6.07) is 53.9. The van der Waals surface area contributed by atoms with Gasteiger partial charge >= 0.3 is 0 Å². The van der Waals surface area contributed by atoms with Crippen LogP contribution in [0.3, 0.4) is 0 Å². The summed E-state index contributed by atoms with van der Waals surface area (Å²) in [5, 5.41) is 2.69. The average molecular weight is 817 g/mol. The molecule has 0 saturated heterocycles. The molecule has 12 rings (SSSR count). The fourth-order valence-corrected chi connectivity index (χ4v) is 13.3. The van der Waals surface area contributed by atoms with Crippen LogP contribution in [0.4, 0.5) is 0 Å². The van der Waals surface area contributed by atoms with E-state index in [9.17, 15) is 0 Å². The summed E-state index contributed by atoms with van der Waals surface area (Å²) < 4.78 is 0. The number of aryl methyl sites for hydroxylation is 1. The quantitative estimate of drug-likeness (QED) is 0.168. The van der Waals surface area contributed by atoms with Crippen LogP contribution in [0.5, 0.6) is 0 Å². The Balaban J connectivity index is 1.18. The highest BCUT2D eigenvalue weighted by Gasteiger charge is 2.66. The lowest BCUT2D eigenvalue weighted by Crippen LogP contribution is -2.54. The zero-order chi connectivity index (χ0) is 42.3. The van der Waals surface area contributed by atoms with Gasteiger partial charge in [-0.25, -0.2) is 0 Å². The van der Waals surface area contributed by atoms with Gasteiger partial charge in [0, 0.05) is 16.2 Å². The zero-order valence-corrected chi connectivity index (χ0v) is 37.6. The second-order valence-electron chi connectivity index (χ2n) is 19.6. The molecule has 0 aromatic heterocycles. The van der Waals surface area contributed by atoms with E-state index in [-0.39, 0.29) is 11.3 Å². The Hall–Kier alpha value is -5.89. The number of thiol groups is 1. The smallest absolute Gasteiger partial charge is 0.0691 e. The van der Waals surface area contributed by atoms with Crippen LogP contribution in [0.25, 0.3) is 44.2 Å². The minimum Gasteiger partial charge on any atom is -0.143 e. The lowest BCUT2D eigenvalue weighted by molar-refractivity contribution is 0.286. The molecule has 0 aliphatic heterocycles. The van der Waals surface area contributed by atoms with Gasteiger partial charge < -0.3 is 0 Å². The van der Waals surface area contributed by atoms with Crippen LogP contribution in [0, 0.1) is 26.7 Å². The van der Waals surface area contributed by atoms with E-state index in [4.69, 9.17) is 12.6 Å². The van der Waals surface area contributed by atoms with Crippen molar-refractivity contribution in [3.05, 3.63) is 230 Å². The molecular formula is C61H52S. The van der Waals surface area contributed by atoms with E-state index >= 15 is 0 Å². The number of hydrogen-bond acceptors (Lipinski definition) is 1. The summed E-state index contributed by atoms with van der Waals surface area (Å²) in [6.07, 6.45) is 11.0. The van der Waals surface area contributed by atoms with E-state index in [1.54, 1.807) is 5.57 Å². The van der Waals surface area contributed by atoms with Gasteiger partial charge in [-0.15, -0.1) is 12.6 Å². The van der Waals surface area contributed by atoms with E-state index in [2.05, 4.69) is 199 Å². The molecule has 7 aromatic carbocycles. The highest BCUT2D eigenvalue weighted by atomic mass is 32.1. The third kappa shape index (κ3) is 4.76. The molecule has 5 aliphatic rings. The van der Waals surface area contributed by atoms with E-state index < -0.39 is 10.8 Å². The molecule has 5 aliphatic carbocycles. The van der Waals surface area contributed by atoms with Crippen LogP contribution in [0.15, 0.2) is 179 Å². The summed E-state index contributed by atoms with van der Waals surface area (Å²) >= 11 is 5.36. The number of hydrogen-bond donors (Lipinski definition) is 1. The second kappa shape index (κ2) is 13.3. The molecular weight excluding hydrogens is 765 g/mol. The molecule has 2 unspecified atom stereocenters. The predicted molar refractivity (Wildman–Crippen MR) is 264 cm³/mol. The Labute approximate surface area is 372 Å². The van der Waals surface area contributed by atoms with Gasteiger partial charge in [-0.3, -0.25) is 0 Å². The maximum absolute atomic E-state index is 5.36. The monoisotopic (exact) mass is 816 g/mol. The number of benzene rings is 7. The SMILES string of the molecule is Cc1cc(-c2ccccc2C2(C3=CCCC=C3c3ccc(C(C)(C)C)c4ccccc34)C3=CC4=C(C2C3)C2(c3ccccc34)c3ccccc3-c3ccccc32)c(S)c(C)c1C. The first-order valence-electron chi connectivity index (χ1n) is 22.7. The van der Waals surface area contributed by atoms with Crippen molar-refractivity contribution >= 4 is 34.5 Å². The maximum Gasteiger partial charge on any atom is 0.0691 e. The zero-order valence-electron chi connectivity index (χ0n) is 36.7. The molecule has 62 heavy (non-hydrogen) atoms. The summed E-state index contributed by atoms with van der Waals surface area (Å²) in [5.41, 5.74) is 25.5. The van der Waals surface area contributed by atoms with Crippen molar-refractivity contribution in [2.45, 2.75) is 81.9 Å². The Morgan fingerprint density at radius 2 is 1.10 bits per heavy atom. The van der Waals surface area contributed by atoms with Gasteiger partial charge in [-0.1, -0.05) is 184 Å². The van der Waals surface area contributed by atoms with Crippen LogP contribution < -0.4 is 0 Å². The fourth-order valence-electron chi connectivity index (χ4n) is 12.9. The molecule has 2 atom stereocenters. The molecule has 0 radical (unpaired) electrons. The summed E-state index contributed by atoms with van der Waals surface area (Å²) in [5.74, 6) is 0.203. The Morgan fingerprint density at radius 1 is 0.548 bits per heavy atom. The Morgan fingerprint density at radius 3 is 1.76 bits per heavy atom. The van der Waals surface area contributed by atoms with E-state index in [0.29, 0.717) is 0 Å². The molecule has 0 heterocycles. The predicted octanol–water partition coefficient (Wildman–Crippen LogP) is 15.8. The molecule has 0 nitrogen and oxygen atoms in total. The summed E-state index contributed by atoms with van der Waals surface area (Å²) in [7, 11) is 0. The van der Waals surface area contributed by atoms with Gasteiger partial charge in [-0.2, -0.15) is 0 Å². The van der Waals surface area contributed by atoms with Crippen LogP contribution in [-0.4, -0.2) is 0 Å². The molecule has 1 fully saturated rings. The molecule has 0 amide bonds. The molecule has 2 bridgehead atoms. The third-order valence-electron chi connectivity index (χ3n) is 15.8. The van der Waals surface area contributed by atoms with E-state index in [0.717, 1.165) is 24.2 Å². The van der Waals surface area contributed by atoms with Crippen molar-refractivity contribution in [2.75, 3.05) is 0 Å². The van der Waals surface area contributed by atoms with Crippen LogP contribution in [0.2, 0.25) is 0 Å². The standard InChI is InChI=1S/C61H52S/c1-36-33-49(58(62)38(3)37(36)2)47-25-13-15-27-52(47)60(51-26-14-9-21-43(51)41-31-32-50(59(4,5)6)42-20-8-7-19-40(41)42)39-34-48-46-24-12-18-30-55(46)61(57(48)56(60)35-39)53-28-16-10-22-44(53)45-23-11-17-29-54(45)61/h7-8,10-13,15-34,56,62H,9,14,35H2,1-6H3. The highest BCUT2D eigenvalue weighted by molar-refractivity contribution is 7.80. The van der Waals surface area contributed by atoms with Gasteiger partial charge in [0.25, 0.3) is 0 Å². The number of allylic oxidation sites excluding steroid dienone is 8. The average Bonchev–Trinajstić information content (AvgIpc) is 3.77. The van der Waals surface area contributed by atoms with Gasteiger partial charge in [0.1, 0.15) is 0 Å². The first-order valence-corrected chi connectivity index (χ1v) is 23.1. The van der Waals surface area contributed by atoms with Crippen molar-refractivity contribution in [1.82, 2.24) is 0 Å². The molecule has 302 valence electrons. The van der Waals surface area contributed by atoms with Crippen LogP contribution in [-0.2, 0) is 16.2 Å². The molecule has 0 N–H and O–H groups in total. The molecule has 1 saturated carbocycles. The second-order valence-corrected chi connectivity index (χ2v) is 20.1. The van der Waals surface area contributed by atoms with Crippen molar-refractivity contribution in [2.24, 2.45) is 5.92 Å². The van der Waals surface area contributed by atoms with Gasteiger partial charge in [0.2, 0.25) is 0 Å². The Bertz CT molecular complexity index is 3200.